The van der Waals surface area contributed by atoms with E-state index in [2.05, 4.69) is 15.4 Å². The molecule has 8 nitrogen and oxygen atoms in total. The lowest BCUT2D eigenvalue weighted by atomic mass is 9.81. The van der Waals surface area contributed by atoms with E-state index in [1.165, 1.54) is 0 Å². The summed E-state index contributed by atoms with van der Waals surface area (Å²) in [5.41, 5.74) is 1.01. The minimum atomic E-state index is -3.52. The largest absolute Gasteiger partial charge is 0.383 e. The van der Waals surface area contributed by atoms with Gasteiger partial charge in [-0.15, -0.1) is 0 Å². The van der Waals surface area contributed by atoms with Crippen molar-refractivity contribution in [3.8, 4) is 0 Å². The van der Waals surface area contributed by atoms with Gasteiger partial charge in [-0.3, -0.25) is 9.59 Å². The van der Waals surface area contributed by atoms with E-state index in [9.17, 15) is 18.0 Å². The maximum Gasteiger partial charge on any atom is 0.240 e. The number of aryl methyl sites for hydroxylation is 1. The van der Waals surface area contributed by atoms with Crippen molar-refractivity contribution >= 4 is 21.8 Å². The Labute approximate surface area is 172 Å². The fourth-order valence-corrected chi connectivity index (χ4v) is 4.44. The van der Waals surface area contributed by atoms with E-state index in [1.807, 2.05) is 6.92 Å². The Hall–Kier alpha value is -1.97. The number of nitrogens with one attached hydrogen (secondary N) is 3. The van der Waals surface area contributed by atoms with Gasteiger partial charge < -0.3 is 15.4 Å². The van der Waals surface area contributed by atoms with E-state index in [-0.39, 0.29) is 35.1 Å². The van der Waals surface area contributed by atoms with E-state index >= 15 is 0 Å². The van der Waals surface area contributed by atoms with Crippen molar-refractivity contribution in [1.29, 1.82) is 0 Å². The molecule has 0 aliphatic heterocycles. The van der Waals surface area contributed by atoms with Crippen molar-refractivity contribution in [1.82, 2.24) is 15.4 Å². The molecule has 0 atom stereocenters. The van der Waals surface area contributed by atoms with Crippen LogP contribution in [0.15, 0.2) is 29.2 Å². The van der Waals surface area contributed by atoms with Gasteiger partial charge in [0.05, 0.1) is 18.0 Å². The molecule has 2 amide bonds. The van der Waals surface area contributed by atoms with Crippen LogP contribution in [0.4, 0.5) is 0 Å². The number of amides is 2. The third kappa shape index (κ3) is 7.75. The number of hydrogen-bond acceptors (Lipinski definition) is 5. The zero-order valence-corrected chi connectivity index (χ0v) is 17.9. The van der Waals surface area contributed by atoms with Crippen LogP contribution in [0.3, 0.4) is 0 Å². The van der Waals surface area contributed by atoms with Crippen LogP contribution in [0.2, 0.25) is 0 Å². The average Bonchev–Trinajstić information content (AvgIpc) is 2.71. The molecule has 1 saturated carbocycles. The molecule has 9 heteroatoms. The SMILES string of the molecule is COCCNC(=O)CNC(=O)C1CCC(CNS(=O)(=O)c2ccc(C)cc2)CC1. The molecule has 0 saturated heterocycles. The Bertz CT molecular complexity index is 772. The molecule has 162 valence electrons. The van der Waals surface area contributed by atoms with Crippen molar-refractivity contribution < 1.29 is 22.7 Å². The van der Waals surface area contributed by atoms with Crippen molar-refractivity contribution in [2.75, 3.05) is 33.4 Å². The lowest BCUT2D eigenvalue weighted by Gasteiger charge is -2.27. The normalized spacial score (nSPS) is 19.5. The summed E-state index contributed by atoms with van der Waals surface area (Å²) in [7, 11) is -1.96. The Morgan fingerprint density at radius 1 is 1.07 bits per heavy atom. The highest BCUT2D eigenvalue weighted by molar-refractivity contribution is 7.89. The molecule has 1 aliphatic rings. The van der Waals surface area contributed by atoms with E-state index in [0.29, 0.717) is 32.5 Å². The average molecular weight is 426 g/mol. The van der Waals surface area contributed by atoms with Gasteiger partial charge >= 0.3 is 0 Å². The number of carbonyl (C=O) groups is 2. The molecule has 2 rings (SSSR count). The first-order chi connectivity index (χ1) is 13.8. The van der Waals surface area contributed by atoms with Gasteiger partial charge in [-0.2, -0.15) is 0 Å². The van der Waals surface area contributed by atoms with Crippen LogP contribution < -0.4 is 15.4 Å². The van der Waals surface area contributed by atoms with Crippen LogP contribution in [0, 0.1) is 18.8 Å². The van der Waals surface area contributed by atoms with Crippen LogP contribution in [0.5, 0.6) is 0 Å². The summed E-state index contributed by atoms with van der Waals surface area (Å²) in [5.74, 6) is -0.288. The number of carbonyl (C=O) groups excluding carboxylic acids is 2. The van der Waals surface area contributed by atoms with Gasteiger partial charge in [-0.1, -0.05) is 17.7 Å². The third-order valence-electron chi connectivity index (χ3n) is 5.16. The van der Waals surface area contributed by atoms with Crippen LogP contribution in [-0.2, 0) is 24.3 Å². The predicted molar refractivity (Wildman–Crippen MR) is 110 cm³/mol. The second-order valence-electron chi connectivity index (χ2n) is 7.44. The van der Waals surface area contributed by atoms with Gasteiger partial charge in [-0.05, 0) is 50.7 Å². The maximum absolute atomic E-state index is 12.4. The van der Waals surface area contributed by atoms with Gasteiger partial charge in [0.2, 0.25) is 21.8 Å². The second kappa shape index (κ2) is 11.3. The molecule has 0 spiro atoms. The summed E-state index contributed by atoms with van der Waals surface area (Å²) >= 11 is 0. The Balaban J connectivity index is 1.70. The fraction of sp³-hybridized carbons (Fsp3) is 0.600. The monoisotopic (exact) mass is 425 g/mol. The minimum Gasteiger partial charge on any atom is -0.383 e. The van der Waals surface area contributed by atoms with Crippen LogP contribution in [0.25, 0.3) is 0 Å². The highest BCUT2D eigenvalue weighted by Crippen LogP contribution is 2.28. The van der Waals surface area contributed by atoms with E-state index in [0.717, 1.165) is 18.4 Å². The number of hydrogen-bond donors (Lipinski definition) is 3. The summed E-state index contributed by atoms with van der Waals surface area (Å²) in [6, 6.07) is 6.75. The molecule has 1 fully saturated rings. The molecule has 1 aromatic carbocycles. The van der Waals surface area contributed by atoms with Gasteiger partial charge in [0.25, 0.3) is 0 Å². The molecule has 0 aromatic heterocycles. The number of ether oxygens (including phenoxy) is 1. The molecule has 0 radical (unpaired) electrons. The summed E-state index contributed by atoms with van der Waals surface area (Å²) in [4.78, 5) is 24.1. The quantitative estimate of drug-likeness (QED) is 0.483. The number of sulfonamides is 1. The van der Waals surface area contributed by atoms with Gasteiger partial charge in [-0.25, -0.2) is 13.1 Å². The minimum absolute atomic E-state index is 0.0428. The first-order valence-corrected chi connectivity index (χ1v) is 11.4. The highest BCUT2D eigenvalue weighted by Gasteiger charge is 2.27. The summed E-state index contributed by atoms with van der Waals surface area (Å²) in [6.07, 6.45) is 2.92. The van der Waals surface area contributed by atoms with Crippen molar-refractivity contribution in [3.05, 3.63) is 29.8 Å². The zero-order chi connectivity index (χ0) is 21.3. The van der Waals surface area contributed by atoms with Crippen molar-refractivity contribution in [2.24, 2.45) is 11.8 Å². The van der Waals surface area contributed by atoms with Gasteiger partial charge in [0, 0.05) is 26.1 Å². The molecular formula is C20H31N3O5S. The molecule has 0 bridgehead atoms. The van der Waals surface area contributed by atoms with Crippen LogP contribution in [-0.4, -0.2) is 53.6 Å². The maximum atomic E-state index is 12.4. The Morgan fingerprint density at radius 2 is 1.72 bits per heavy atom. The van der Waals surface area contributed by atoms with Crippen LogP contribution >= 0.6 is 0 Å². The smallest absolute Gasteiger partial charge is 0.240 e. The molecule has 1 aromatic rings. The third-order valence-corrected chi connectivity index (χ3v) is 6.60. The molecular weight excluding hydrogens is 394 g/mol. The summed E-state index contributed by atoms with van der Waals surface area (Å²) in [5, 5.41) is 5.33. The second-order valence-corrected chi connectivity index (χ2v) is 9.21. The molecule has 0 unspecified atom stereocenters. The van der Waals surface area contributed by atoms with E-state index in [4.69, 9.17) is 4.74 Å². The molecule has 29 heavy (non-hydrogen) atoms. The lowest BCUT2D eigenvalue weighted by Crippen LogP contribution is -2.41. The highest BCUT2D eigenvalue weighted by atomic mass is 32.2. The first kappa shape index (κ1) is 23.3. The summed E-state index contributed by atoms with van der Waals surface area (Å²) in [6.45, 7) is 3.07. The first-order valence-electron chi connectivity index (χ1n) is 9.91. The molecule has 1 aliphatic carbocycles. The number of benzene rings is 1. The Kier molecular flexibility index (Phi) is 9.06. The fourth-order valence-electron chi connectivity index (χ4n) is 3.32. The van der Waals surface area contributed by atoms with Crippen LogP contribution in [0.1, 0.15) is 31.2 Å². The van der Waals surface area contributed by atoms with Gasteiger partial charge in [0.1, 0.15) is 0 Å². The zero-order valence-electron chi connectivity index (χ0n) is 17.1. The summed E-state index contributed by atoms with van der Waals surface area (Å²) < 4.78 is 32.3. The van der Waals surface area contributed by atoms with Crippen molar-refractivity contribution in [3.63, 3.8) is 0 Å². The predicted octanol–water partition coefficient (Wildman–Crippen LogP) is 0.959. The van der Waals surface area contributed by atoms with E-state index < -0.39 is 10.0 Å². The van der Waals surface area contributed by atoms with E-state index in [1.54, 1.807) is 31.4 Å². The van der Waals surface area contributed by atoms with Crippen molar-refractivity contribution in [2.45, 2.75) is 37.5 Å². The Morgan fingerprint density at radius 3 is 2.34 bits per heavy atom. The number of methoxy groups -OCH3 is 1. The standard InChI is InChI=1S/C20H31N3O5S/c1-15-3-9-18(10-4-15)29(26,27)23-13-16-5-7-17(8-6-16)20(25)22-14-19(24)21-11-12-28-2/h3-4,9-10,16-17,23H,5-8,11-14H2,1-2H3,(H,21,24)(H,22,25). The topological polar surface area (TPSA) is 114 Å². The molecule has 3 N–H and O–H groups in total. The number of rotatable bonds is 10. The lowest BCUT2D eigenvalue weighted by molar-refractivity contribution is -0.129. The van der Waals surface area contributed by atoms with Gasteiger partial charge in [0.15, 0.2) is 0 Å². The molecule has 0 heterocycles.